The SMILES string of the molecule is Cc1cccc(N2CCN(C(=O)CN3C(=O)NC4(CCC(C)CC4)C3=O)CC2)c1C. The molecule has 1 aliphatic carbocycles. The van der Waals surface area contributed by atoms with Crippen molar-refractivity contribution in [2.24, 2.45) is 5.92 Å². The van der Waals surface area contributed by atoms with Crippen LogP contribution in [0.1, 0.15) is 43.7 Å². The van der Waals surface area contributed by atoms with Gasteiger partial charge in [0.1, 0.15) is 12.1 Å². The molecule has 1 aromatic rings. The first-order valence-electron chi connectivity index (χ1n) is 11.0. The minimum absolute atomic E-state index is 0.152. The van der Waals surface area contributed by atoms with Crippen LogP contribution in [0.2, 0.25) is 0 Å². The number of hydrogen-bond donors (Lipinski definition) is 1. The van der Waals surface area contributed by atoms with Crippen molar-refractivity contribution >= 4 is 23.5 Å². The van der Waals surface area contributed by atoms with Gasteiger partial charge in [0.05, 0.1) is 0 Å². The minimum atomic E-state index is -0.786. The molecule has 1 spiro atoms. The van der Waals surface area contributed by atoms with Crippen LogP contribution in [-0.4, -0.2) is 65.9 Å². The zero-order chi connectivity index (χ0) is 21.5. The summed E-state index contributed by atoms with van der Waals surface area (Å²) in [4.78, 5) is 43.5. The highest BCUT2D eigenvalue weighted by Gasteiger charge is 2.52. The second kappa shape index (κ2) is 7.93. The molecule has 2 heterocycles. The van der Waals surface area contributed by atoms with E-state index in [0.717, 1.165) is 30.8 Å². The lowest BCUT2D eigenvalue weighted by Crippen LogP contribution is -2.53. The molecule has 4 amide bonds. The molecule has 1 saturated carbocycles. The first-order valence-corrected chi connectivity index (χ1v) is 11.0. The molecule has 3 fully saturated rings. The van der Waals surface area contributed by atoms with Crippen molar-refractivity contribution in [3.63, 3.8) is 0 Å². The quantitative estimate of drug-likeness (QED) is 0.774. The Balaban J connectivity index is 1.35. The maximum atomic E-state index is 13.0. The number of imide groups is 1. The van der Waals surface area contributed by atoms with Crippen LogP contribution in [0.5, 0.6) is 0 Å². The Bertz CT molecular complexity index is 852. The molecule has 3 aliphatic rings. The number of carbonyl (C=O) groups excluding carboxylic acids is 3. The van der Waals surface area contributed by atoms with E-state index in [4.69, 9.17) is 0 Å². The number of amides is 4. The summed E-state index contributed by atoms with van der Waals surface area (Å²) < 4.78 is 0. The second-order valence-electron chi connectivity index (χ2n) is 9.17. The summed E-state index contributed by atoms with van der Waals surface area (Å²) in [5.41, 5.74) is 2.95. The number of aryl methyl sites for hydroxylation is 1. The highest BCUT2D eigenvalue weighted by Crippen LogP contribution is 2.36. The minimum Gasteiger partial charge on any atom is -0.368 e. The third-order valence-electron chi connectivity index (χ3n) is 7.22. The van der Waals surface area contributed by atoms with Gasteiger partial charge in [-0.25, -0.2) is 4.79 Å². The lowest BCUT2D eigenvalue weighted by atomic mass is 9.77. The van der Waals surface area contributed by atoms with Gasteiger partial charge in [0.15, 0.2) is 0 Å². The topological polar surface area (TPSA) is 73.0 Å². The molecule has 0 bridgehead atoms. The zero-order valence-corrected chi connectivity index (χ0v) is 18.2. The zero-order valence-electron chi connectivity index (χ0n) is 18.2. The Morgan fingerprint density at radius 1 is 1.10 bits per heavy atom. The number of anilines is 1. The number of hydrogen-bond acceptors (Lipinski definition) is 4. The number of nitrogens with zero attached hydrogens (tertiary/aromatic N) is 3. The third kappa shape index (κ3) is 3.66. The monoisotopic (exact) mass is 412 g/mol. The fourth-order valence-corrected chi connectivity index (χ4v) is 4.92. The molecule has 2 aliphatic heterocycles. The van der Waals surface area contributed by atoms with Crippen LogP contribution in [0.15, 0.2) is 18.2 Å². The average Bonchev–Trinajstić information content (AvgIpc) is 2.96. The number of benzene rings is 1. The predicted molar refractivity (Wildman–Crippen MR) is 115 cm³/mol. The maximum absolute atomic E-state index is 13.0. The fourth-order valence-electron chi connectivity index (χ4n) is 4.92. The summed E-state index contributed by atoms with van der Waals surface area (Å²) in [5.74, 6) is 0.200. The highest BCUT2D eigenvalue weighted by atomic mass is 16.2. The summed E-state index contributed by atoms with van der Waals surface area (Å²) in [6.07, 6.45) is 3.18. The normalized spacial score (nSPS) is 27.0. The Labute approximate surface area is 178 Å². The van der Waals surface area contributed by atoms with Crippen LogP contribution in [-0.2, 0) is 9.59 Å². The van der Waals surface area contributed by atoms with Gasteiger partial charge < -0.3 is 15.1 Å². The van der Waals surface area contributed by atoms with Crippen molar-refractivity contribution in [1.82, 2.24) is 15.1 Å². The molecule has 0 aromatic heterocycles. The van der Waals surface area contributed by atoms with E-state index in [9.17, 15) is 14.4 Å². The number of rotatable bonds is 3. The second-order valence-corrected chi connectivity index (χ2v) is 9.17. The van der Waals surface area contributed by atoms with Gasteiger partial charge in [0.25, 0.3) is 5.91 Å². The molecule has 1 N–H and O–H groups in total. The Kier molecular flexibility index (Phi) is 5.47. The Hall–Kier alpha value is -2.57. The smallest absolute Gasteiger partial charge is 0.325 e. The maximum Gasteiger partial charge on any atom is 0.325 e. The van der Waals surface area contributed by atoms with E-state index in [1.807, 2.05) is 0 Å². The fraction of sp³-hybridized carbons (Fsp3) is 0.609. The van der Waals surface area contributed by atoms with Crippen LogP contribution >= 0.6 is 0 Å². The van der Waals surface area contributed by atoms with Gasteiger partial charge in [-0.2, -0.15) is 0 Å². The molecule has 7 nitrogen and oxygen atoms in total. The molecule has 162 valence electrons. The van der Waals surface area contributed by atoms with Gasteiger partial charge in [-0.15, -0.1) is 0 Å². The molecule has 7 heteroatoms. The van der Waals surface area contributed by atoms with E-state index in [-0.39, 0.29) is 18.4 Å². The van der Waals surface area contributed by atoms with Gasteiger partial charge in [-0.3, -0.25) is 14.5 Å². The summed E-state index contributed by atoms with van der Waals surface area (Å²) in [7, 11) is 0. The van der Waals surface area contributed by atoms with E-state index in [2.05, 4.69) is 49.2 Å². The van der Waals surface area contributed by atoms with Crippen LogP contribution in [0.25, 0.3) is 0 Å². The van der Waals surface area contributed by atoms with Crippen molar-refractivity contribution in [3.05, 3.63) is 29.3 Å². The molecule has 0 radical (unpaired) electrons. The van der Waals surface area contributed by atoms with Crippen LogP contribution in [0, 0.1) is 19.8 Å². The van der Waals surface area contributed by atoms with E-state index >= 15 is 0 Å². The first kappa shape index (κ1) is 20.7. The Morgan fingerprint density at radius 3 is 2.43 bits per heavy atom. The number of piperazine rings is 1. The van der Waals surface area contributed by atoms with Crippen molar-refractivity contribution in [3.8, 4) is 0 Å². The molecule has 2 saturated heterocycles. The van der Waals surface area contributed by atoms with Crippen LogP contribution in [0.3, 0.4) is 0 Å². The Morgan fingerprint density at radius 2 is 1.77 bits per heavy atom. The molecule has 0 atom stereocenters. The predicted octanol–water partition coefficient (Wildman–Crippen LogP) is 2.45. The highest BCUT2D eigenvalue weighted by molar-refractivity contribution is 6.09. The largest absolute Gasteiger partial charge is 0.368 e. The van der Waals surface area contributed by atoms with Crippen molar-refractivity contribution in [2.45, 2.75) is 52.0 Å². The van der Waals surface area contributed by atoms with E-state index in [1.165, 1.54) is 16.8 Å². The summed E-state index contributed by atoms with van der Waals surface area (Å²) in [6, 6.07) is 5.87. The van der Waals surface area contributed by atoms with E-state index in [1.54, 1.807) is 4.90 Å². The van der Waals surface area contributed by atoms with E-state index < -0.39 is 11.6 Å². The van der Waals surface area contributed by atoms with Gasteiger partial charge in [0.2, 0.25) is 5.91 Å². The number of nitrogens with one attached hydrogen (secondary N) is 1. The molecule has 4 rings (SSSR count). The molecular weight excluding hydrogens is 380 g/mol. The summed E-state index contributed by atoms with van der Waals surface area (Å²) >= 11 is 0. The third-order valence-corrected chi connectivity index (χ3v) is 7.22. The molecular formula is C23H32N4O3. The van der Waals surface area contributed by atoms with E-state index in [0.29, 0.717) is 31.8 Å². The summed E-state index contributed by atoms with van der Waals surface area (Å²) in [6.45, 7) is 8.93. The lowest BCUT2D eigenvalue weighted by Gasteiger charge is -2.37. The number of urea groups is 1. The average molecular weight is 413 g/mol. The summed E-state index contributed by atoms with van der Waals surface area (Å²) in [5, 5.41) is 2.90. The molecule has 0 unspecified atom stereocenters. The van der Waals surface area contributed by atoms with Crippen LogP contribution in [0.4, 0.5) is 10.5 Å². The molecule has 30 heavy (non-hydrogen) atoms. The van der Waals surface area contributed by atoms with Crippen LogP contribution < -0.4 is 10.2 Å². The van der Waals surface area contributed by atoms with Gasteiger partial charge in [-0.05, 0) is 62.6 Å². The first-order chi connectivity index (χ1) is 14.3. The van der Waals surface area contributed by atoms with Gasteiger partial charge >= 0.3 is 6.03 Å². The number of carbonyl (C=O) groups is 3. The van der Waals surface area contributed by atoms with Crippen molar-refractivity contribution in [2.75, 3.05) is 37.6 Å². The van der Waals surface area contributed by atoms with Crippen molar-refractivity contribution in [1.29, 1.82) is 0 Å². The van der Waals surface area contributed by atoms with Gasteiger partial charge in [0, 0.05) is 31.9 Å². The van der Waals surface area contributed by atoms with Gasteiger partial charge in [-0.1, -0.05) is 19.1 Å². The lowest BCUT2D eigenvalue weighted by molar-refractivity contribution is -0.139. The van der Waals surface area contributed by atoms with Crippen molar-refractivity contribution < 1.29 is 14.4 Å². The standard InChI is InChI=1S/C23H32N4O3/c1-16-7-9-23(10-8-16)21(29)27(22(30)24-23)15-20(28)26-13-11-25(12-14-26)19-6-4-5-17(2)18(19)3/h4-6,16H,7-15H2,1-3H3,(H,24,30). The molecule has 1 aromatic carbocycles.